The van der Waals surface area contributed by atoms with Crippen molar-refractivity contribution in [3.05, 3.63) is 81.6 Å². The van der Waals surface area contributed by atoms with E-state index in [1.54, 1.807) is 30.3 Å². The Morgan fingerprint density at radius 2 is 1.94 bits per heavy atom. The molecule has 0 unspecified atom stereocenters. The number of methoxy groups -OCH3 is 1. The average Bonchev–Trinajstić information content (AvgIpc) is 3.33. The van der Waals surface area contributed by atoms with Crippen molar-refractivity contribution in [3.8, 4) is 17.1 Å². The molecule has 156 valence electrons. The molecule has 0 atom stereocenters. The highest BCUT2D eigenvalue weighted by Crippen LogP contribution is 2.34. The number of nitrogens with one attached hydrogen (secondary N) is 1. The highest BCUT2D eigenvalue weighted by Gasteiger charge is 2.34. The van der Waals surface area contributed by atoms with Crippen LogP contribution in [-0.2, 0) is 9.59 Å². The zero-order chi connectivity index (χ0) is 22.1. The van der Waals surface area contributed by atoms with E-state index in [9.17, 15) is 19.7 Å². The van der Waals surface area contributed by atoms with Crippen molar-refractivity contribution in [3.63, 3.8) is 0 Å². The van der Waals surface area contributed by atoms with Crippen molar-refractivity contribution in [2.45, 2.75) is 6.92 Å². The van der Waals surface area contributed by atoms with Crippen LogP contribution in [0.2, 0.25) is 0 Å². The van der Waals surface area contributed by atoms with Crippen LogP contribution >= 0.6 is 0 Å². The number of nitrogens with zero attached hydrogens (tertiary/aromatic N) is 2. The number of rotatable bonds is 5. The van der Waals surface area contributed by atoms with E-state index in [1.165, 1.54) is 36.4 Å². The quantitative estimate of drug-likeness (QED) is 0.292. The number of amides is 2. The van der Waals surface area contributed by atoms with Gasteiger partial charge in [-0.05, 0) is 48.9 Å². The number of benzene rings is 2. The Morgan fingerprint density at radius 3 is 2.65 bits per heavy atom. The Kier molecular flexibility index (Phi) is 5.00. The zero-order valence-electron chi connectivity index (χ0n) is 16.6. The summed E-state index contributed by atoms with van der Waals surface area (Å²) >= 11 is 0. The van der Waals surface area contributed by atoms with Gasteiger partial charge < -0.3 is 9.15 Å². The van der Waals surface area contributed by atoms with Gasteiger partial charge in [0.15, 0.2) is 0 Å². The molecule has 0 saturated carbocycles. The van der Waals surface area contributed by atoms with Gasteiger partial charge >= 0.3 is 0 Å². The predicted molar refractivity (Wildman–Crippen MR) is 112 cm³/mol. The summed E-state index contributed by atoms with van der Waals surface area (Å²) in [6.45, 7) is 1.89. The second-order valence-corrected chi connectivity index (χ2v) is 6.82. The van der Waals surface area contributed by atoms with E-state index in [2.05, 4.69) is 5.43 Å². The monoisotopic (exact) mass is 419 g/mol. The maximum atomic E-state index is 12.8. The van der Waals surface area contributed by atoms with Crippen LogP contribution in [0, 0.1) is 17.0 Å². The first-order valence-electron chi connectivity index (χ1n) is 9.24. The lowest BCUT2D eigenvalue weighted by atomic mass is 10.1. The van der Waals surface area contributed by atoms with Crippen LogP contribution in [0.15, 0.2) is 64.6 Å². The Labute approximate surface area is 176 Å². The molecule has 1 saturated heterocycles. The lowest BCUT2D eigenvalue weighted by Gasteiger charge is -2.14. The summed E-state index contributed by atoms with van der Waals surface area (Å²) in [6.07, 6.45) is 1.36. The molecule has 9 heteroatoms. The molecule has 1 aliphatic heterocycles. The first-order chi connectivity index (χ1) is 14.9. The minimum atomic E-state index is -0.544. The topological polar surface area (TPSA) is 115 Å². The molecule has 1 aromatic heterocycles. The van der Waals surface area contributed by atoms with Crippen LogP contribution < -0.4 is 15.2 Å². The van der Waals surface area contributed by atoms with E-state index in [-0.39, 0.29) is 22.8 Å². The Balaban J connectivity index is 1.63. The van der Waals surface area contributed by atoms with Crippen molar-refractivity contribution >= 4 is 29.3 Å². The number of carbonyl (C=O) groups excluding carboxylic acids is 2. The maximum Gasteiger partial charge on any atom is 0.282 e. The maximum absolute atomic E-state index is 12.8. The molecule has 31 heavy (non-hydrogen) atoms. The zero-order valence-corrected chi connectivity index (χ0v) is 16.6. The first kappa shape index (κ1) is 19.9. The summed E-state index contributed by atoms with van der Waals surface area (Å²) in [6, 6.07) is 14.6. The number of hydrogen-bond donors (Lipinski definition) is 1. The third-order valence-electron chi connectivity index (χ3n) is 4.73. The number of carbonyl (C=O) groups is 2. The Bertz CT molecular complexity index is 1240. The summed E-state index contributed by atoms with van der Waals surface area (Å²) in [7, 11) is 1.40. The van der Waals surface area contributed by atoms with Crippen LogP contribution in [0.3, 0.4) is 0 Å². The van der Waals surface area contributed by atoms with Crippen molar-refractivity contribution in [1.82, 2.24) is 5.43 Å². The number of nitro groups is 1. The molecule has 0 aliphatic carbocycles. The van der Waals surface area contributed by atoms with Gasteiger partial charge in [0, 0.05) is 6.07 Å². The van der Waals surface area contributed by atoms with E-state index < -0.39 is 16.7 Å². The molecule has 2 amide bonds. The number of hydrogen-bond acceptors (Lipinski definition) is 6. The summed E-state index contributed by atoms with van der Waals surface area (Å²) in [5.41, 5.74) is 4.36. The minimum absolute atomic E-state index is 0.0712. The largest absolute Gasteiger partial charge is 0.496 e. The first-order valence-corrected chi connectivity index (χ1v) is 9.24. The SMILES string of the molecule is COc1cc([N+](=O)[O-])ccc1-c1ccc(/C=C2\C(=O)NN(c3cccc(C)c3)C2=O)o1. The average molecular weight is 419 g/mol. The van der Waals surface area contributed by atoms with Gasteiger partial charge in [0.25, 0.3) is 17.5 Å². The van der Waals surface area contributed by atoms with Crippen molar-refractivity contribution < 1.29 is 23.7 Å². The van der Waals surface area contributed by atoms with Crippen LogP contribution in [0.25, 0.3) is 17.4 Å². The van der Waals surface area contributed by atoms with Gasteiger partial charge in [-0.2, -0.15) is 0 Å². The number of non-ortho nitro benzene ring substituents is 1. The summed E-state index contributed by atoms with van der Waals surface area (Å²) < 4.78 is 11.0. The third kappa shape index (κ3) is 3.76. The molecule has 9 nitrogen and oxygen atoms in total. The van der Waals surface area contributed by atoms with Gasteiger partial charge in [-0.1, -0.05) is 12.1 Å². The van der Waals surface area contributed by atoms with Gasteiger partial charge in [0.2, 0.25) is 0 Å². The molecule has 1 fully saturated rings. The van der Waals surface area contributed by atoms with Gasteiger partial charge in [0.1, 0.15) is 22.8 Å². The van der Waals surface area contributed by atoms with Gasteiger partial charge in [-0.15, -0.1) is 0 Å². The molecule has 1 aliphatic rings. The molecular formula is C22H17N3O6. The molecule has 4 rings (SSSR count). The van der Waals surface area contributed by atoms with Crippen LogP contribution in [0.4, 0.5) is 11.4 Å². The number of furan rings is 1. The lowest BCUT2D eigenvalue weighted by Crippen LogP contribution is -2.35. The second-order valence-electron chi connectivity index (χ2n) is 6.82. The molecule has 0 bridgehead atoms. The molecular weight excluding hydrogens is 402 g/mol. The molecule has 2 aromatic carbocycles. The fourth-order valence-electron chi connectivity index (χ4n) is 3.22. The summed E-state index contributed by atoms with van der Waals surface area (Å²) in [4.78, 5) is 35.6. The van der Waals surface area contributed by atoms with Crippen LogP contribution in [-0.4, -0.2) is 23.8 Å². The van der Waals surface area contributed by atoms with Crippen LogP contribution in [0.1, 0.15) is 11.3 Å². The number of anilines is 1. The normalized spacial score (nSPS) is 14.8. The minimum Gasteiger partial charge on any atom is -0.496 e. The van der Waals surface area contributed by atoms with Crippen molar-refractivity contribution in [2.24, 2.45) is 0 Å². The smallest absolute Gasteiger partial charge is 0.282 e. The Hall–Kier alpha value is -4.40. The summed E-state index contributed by atoms with van der Waals surface area (Å²) in [5.74, 6) is -0.123. The van der Waals surface area contributed by atoms with E-state index in [0.717, 1.165) is 5.56 Å². The van der Waals surface area contributed by atoms with E-state index >= 15 is 0 Å². The number of nitro benzene ring substituents is 1. The third-order valence-corrected chi connectivity index (χ3v) is 4.73. The van der Waals surface area contributed by atoms with Crippen LogP contribution in [0.5, 0.6) is 5.75 Å². The lowest BCUT2D eigenvalue weighted by molar-refractivity contribution is -0.384. The van der Waals surface area contributed by atoms with Gasteiger partial charge in [-0.3, -0.25) is 25.1 Å². The van der Waals surface area contributed by atoms with E-state index in [4.69, 9.17) is 9.15 Å². The van der Waals surface area contributed by atoms with Crippen molar-refractivity contribution in [1.29, 1.82) is 0 Å². The van der Waals surface area contributed by atoms with Gasteiger partial charge in [0.05, 0.1) is 29.4 Å². The van der Waals surface area contributed by atoms with Crippen molar-refractivity contribution in [2.75, 3.05) is 12.1 Å². The van der Waals surface area contributed by atoms with E-state index in [1.807, 2.05) is 13.0 Å². The fraction of sp³-hybridized carbons (Fsp3) is 0.0909. The number of aryl methyl sites for hydroxylation is 1. The molecule has 1 N–H and O–H groups in total. The highest BCUT2D eigenvalue weighted by molar-refractivity contribution is 6.31. The van der Waals surface area contributed by atoms with Gasteiger partial charge in [-0.25, -0.2) is 5.01 Å². The standard InChI is InChI=1S/C22H17N3O6/c1-13-4-3-5-14(10-13)24-22(27)18(21(26)23-24)12-16-7-9-19(31-16)17-8-6-15(25(28)29)11-20(17)30-2/h3-12H,1-2H3,(H,23,26)/b18-12+. The molecule has 3 aromatic rings. The number of hydrazine groups is 1. The fourth-order valence-corrected chi connectivity index (χ4v) is 3.22. The predicted octanol–water partition coefficient (Wildman–Crippen LogP) is 3.63. The van der Waals surface area contributed by atoms with E-state index in [0.29, 0.717) is 17.0 Å². The molecule has 0 radical (unpaired) electrons. The second kappa shape index (κ2) is 7.79. The Morgan fingerprint density at radius 1 is 1.13 bits per heavy atom. The summed E-state index contributed by atoms with van der Waals surface area (Å²) in [5, 5.41) is 12.2. The number of ether oxygens (including phenoxy) is 1. The molecule has 2 heterocycles. The molecule has 0 spiro atoms. The highest BCUT2D eigenvalue weighted by atomic mass is 16.6.